The van der Waals surface area contributed by atoms with Crippen molar-refractivity contribution in [2.45, 2.75) is 13.3 Å². The lowest BCUT2D eigenvalue weighted by molar-refractivity contribution is 0.213. The molecule has 1 rings (SSSR count). The van der Waals surface area contributed by atoms with E-state index in [4.69, 9.17) is 10.8 Å². The minimum absolute atomic E-state index is 0.189. The molecule has 0 radical (unpaired) electrons. The molecular weight excluding hydrogens is 102 g/mol. The van der Waals surface area contributed by atoms with Gasteiger partial charge in [0.2, 0.25) is 0 Å². The molecule has 0 saturated heterocycles. The average molecular weight is 115 g/mol. The van der Waals surface area contributed by atoms with Crippen LogP contribution in [0.5, 0.6) is 0 Å². The van der Waals surface area contributed by atoms with Crippen molar-refractivity contribution in [3.63, 3.8) is 0 Å². The third kappa shape index (κ3) is 0.740. The van der Waals surface area contributed by atoms with Gasteiger partial charge in [-0.25, -0.2) is 0 Å². The molecule has 0 aromatic carbocycles. The number of nitrogens with two attached hydrogens (primary N) is 1. The summed E-state index contributed by atoms with van der Waals surface area (Å²) < 4.78 is 0. The van der Waals surface area contributed by atoms with Crippen LogP contribution in [0.2, 0.25) is 0 Å². The molecule has 0 spiro atoms. The van der Waals surface area contributed by atoms with Crippen LogP contribution in [0, 0.1) is 11.3 Å². The van der Waals surface area contributed by atoms with Crippen molar-refractivity contribution in [1.82, 2.24) is 0 Å². The summed E-state index contributed by atoms with van der Waals surface area (Å²) in [6, 6.07) is 0. The summed E-state index contributed by atoms with van der Waals surface area (Å²) in [5.74, 6) is 0.590. The second-order valence-corrected chi connectivity index (χ2v) is 2.95. The highest BCUT2D eigenvalue weighted by atomic mass is 16.3. The molecule has 0 bridgehead atoms. The molecular formula is C6H13NO. The van der Waals surface area contributed by atoms with E-state index in [0.29, 0.717) is 12.5 Å². The summed E-state index contributed by atoms with van der Waals surface area (Å²) in [7, 11) is 0. The molecule has 2 atom stereocenters. The topological polar surface area (TPSA) is 46.2 Å². The number of rotatable bonds is 2. The van der Waals surface area contributed by atoms with Gasteiger partial charge in [-0.05, 0) is 24.3 Å². The van der Waals surface area contributed by atoms with Crippen molar-refractivity contribution in [3.8, 4) is 0 Å². The smallest absolute Gasteiger partial charge is 0.0488 e. The molecule has 48 valence electrons. The molecule has 0 heterocycles. The molecule has 3 N–H and O–H groups in total. The van der Waals surface area contributed by atoms with Crippen molar-refractivity contribution in [2.24, 2.45) is 17.1 Å². The zero-order chi connectivity index (χ0) is 6.20. The van der Waals surface area contributed by atoms with Crippen molar-refractivity contribution >= 4 is 0 Å². The standard InChI is InChI=1S/C6H13NO/c1-6(4-8)2-5(6)3-7/h5,8H,2-4,7H2,1H3. The van der Waals surface area contributed by atoms with E-state index in [1.54, 1.807) is 0 Å². The van der Waals surface area contributed by atoms with Gasteiger partial charge < -0.3 is 10.8 Å². The second kappa shape index (κ2) is 1.71. The first-order chi connectivity index (χ1) is 3.73. The zero-order valence-electron chi connectivity index (χ0n) is 5.22. The lowest BCUT2D eigenvalue weighted by atomic mass is 10.1. The zero-order valence-corrected chi connectivity index (χ0v) is 5.22. The molecule has 1 aliphatic carbocycles. The van der Waals surface area contributed by atoms with Crippen LogP contribution < -0.4 is 5.73 Å². The highest BCUT2D eigenvalue weighted by Crippen LogP contribution is 2.50. The Morgan fingerprint density at radius 3 is 2.62 bits per heavy atom. The predicted octanol–water partition coefficient (Wildman–Crippen LogP) is -0.0364. The Morgan fingerprint density at radius 1 is 1.88 bits per heavy atom. The minimum atomic E-state index is 0.189. The van der Waals surface area contributed by atoms with Gasteiger partial charge in [-0.1, -0.05) is 6.92 Å². The highest BCUT2D eigenvalue weighted by Gasteiger charge is 2.48. The Hall–Kier alpha value is -0.0800. The Kier molecular flexibility index (Phi) is 1.29. The Bertz CT molecular complexity index is 94.5. The van der Waals surface area contributed by atoms with E-state index in [9.17, 15) is 0 Å². The van der Waals surface area contributed by atoms with Crippen LogP contribution >= 0.6 is 0 Å². The minimum Gasteiger partial charge on any atom is -0.396 e. The third-order valence-corrected chi connectivity index (χ3v) is 2.18. The summed E-state index contributed by atoms with van der Waals surface area (Å²) in [5, 5.41) is 8.71. The van der Waals surface area contributed by atoms with Crippen LogP contribution in [0.4, 0.5) is 0 Å². The SMILES string of the molecule is CC1(CO)CC1CN. The van der Waals surface area contributed by atoms with E-state index in [1.807, 2.05) is 0 Å². The molecule has 2 unspecified atom stereocenters. The highest BCUT2D eigenvalue weighted by molar-refractivity contribution is 4.98. The van der Waals surface area contributed by atoms with Gasteiger partial charge in [0.05, 0.1) is 0 Å². The van der Waals surface area contributed by atoms with Gasteiger partial charge in [0.25, 0.3) is 0 Å². The maximum atomic E-state index is 8.71. The molecule has 0 aromatic heterocycles. The molecule has 2 nitrogen and oxygen atoms in total. The van der Waals surface area contributed by atoms with Crippen LogP contribution in [-0.4, -0.2) is 18.3 Å². The van der Waals surface area contributed by atoms with Crippen molar-refractivity contribution < 1.29 is 5.11 Å². The van der Waals surface area contributed by atoms with Crippen molar-refractivity contribution in [1.29, 1.82) is 0 Å². The molecule has 8 heavy (non-hydrogen) atoms. The lowest BCUT2D eigenvalue weighted by Crippen LogP contribution is -2.11. The normalized spacial score (nSPS) is 44.6. The Morgan fingerprint density at radius 2 is 2.50 bits per heavy atom. The predicted molar refractivity (Wildman–Crippen MR) is 32.4 cm³/mol. The largest absolute Gasteiger partial charge is 0.396 e. The van der Waals surface area contributed by atoms with E-state index in [0.717, 1.165) is 13.0 Å². The van der Waals surface area contributed by atoms with Gasteiger partial charge in [0, 0.05) is 6.61 Å². The quantitative estimate of drug-likeness (QED) is 0.530. The lowest BCUT2D eigenvalue weighted by Gasteiger charge is -2.02. The van der Waals surface area contributed by atoms with E-state index in [-0.39, 0.29) is 5.41 Å². The fraction of sp³-hybridized carbons (Fsp3) is 1.00. The van der Waals surface area contributed by atoms with Gasteiger partial charge in [-0.2, -0.15) is 0 Å². The fourth-order valence-corrected chi connectivity index (χ4v) is 1.07. The van der Waals surface area contributed by atoms with Gasteiger partial charge in [-0.15, -0.1) is 0 Å². The fourth-order valence-electron chi connectivity index (χ4n) is 1.07. The van der Waals surface area contributed by atoms with Crippen LogP contribution in [0.15, 0.2) is 0 Å². The van der Waals surface area contributed by atoms with E-state index in [2.05, 4.69) is 6.92 Å². The van der Waals surface area contributed by atoms with Gasteiger partial charge >= 0.3 is 0 Å². The van der Waals surface area contributed by atoms with Crippen molar-refractivity contribution in [3.05, 3.63) is 0 Å². The molecule has 0 aliphatic heterocycles. The van der Waals surface area contributed by atoms with Crippen LogP contribution in [-0.2, 0) is 0 Å². The van der Waals surface area contributed by atoms with Crippen LogP contribution in [0.3, 0.4) is 0 Å². The first kappa shape index (κ1) is 6.05. The number of aliphatic hydroxyl groups is 1. The summed E-state index contributed by atoms with van der Waals surface area (Å²) in [6.45, 7) is 3.11. The first-order valence-electron chi connectivity index (χ1n) is 3.04. The second-order valence-electron chi connectivity index (χ2n) is 2.95. The monoisotopic (exact) mass is 115 g/mol. The van der Waals surface area contributed by atoms with E-state index in [1.165, 1.54) is 0 Å². The van der Waals surface area contributed by atoms with E-state index >= 15 is 0 Å². The number of aliphatic hydroxyl groups excluding tert-OH is 1. The van der Waals surface area contributed by atoms with Gasteiger partial charge in [-0.3, -0.25) is 0 Å². The van der Waals surface area contributed by atoms with Crippen molar-refractivity contribution in [2.75, 3.05) is 13.2 Å². The van der Waals surface area contributed by atoms with Crippen LogP contribution in [0.1, 0.15) is 13.3 Å². The first-order valence-corrected chi connectivity index (χ1v) is 3.04. The molecule has 1 fully saturated rings. The Balaban J connectivity index is 2.31. The average Bonchev–Trinajstić information content (AvgIpc) is 2.44. The maximum absolute atomic E-state index is 8.71. The molecule has 1 aliphatic rings. The summed E-state index contributed by atoms with van der Waals surface area (Å²) in [5.41, 5.74) is 5.56. The Labute approximate surface area is 49.7 Å². The van der Waals surface area contributed by atoms with E-state index < -0.39 is 0 Å². The third-order valence-electron chi connectivity index (χ3n) is 2.18. The number of hydrogen-bond donors (Lipinski definition) is 2. The summed E-state index contributed by atoms with van der Waals surface area (Å²) in [6.07, 6.45) is 1.11. The number of hydrogen-bond acceptors (Lipinski definition) is 2. The molecule has 0 aromatic rings. The van der Waals surface area contributed by atoms with Gasteiger partial charge in [0.15, 0.2) is 0 Å². The summed E-state index contributed by atoms with van der Waals surface area (Å²) in [4.78, 5) is 0. The van der Waals surface area contributed by atoms with Crippen LogP contribution in [0.25, 0.3) is 0 Å². The van der Waals surface area contributed by atoms with Gasteiger partial charge in [0.1, 0.15) is 0 Å². The molecule has 1 saturated carbocycles. The molecule has 0 amide bonds. The summed E-state index contributed by atoms with van der Waals surface area (Å²) >= 11 is 0. The molecule has 2 heteroatoms. The maximum Gasteiger partial charge on any atom is 0.0488 e.